The molecule has 2 aromatic rings. The number of nitriles is 1. The fourth-order valence-corrected chi connectivity index (χ4v) is 1.88. The van der Waals surface area contributed by atoms with Crippen molar-refractivity contribution in [2.45, 2.75) is 25.9 Å². The molecule has 0 spiro atoms. The van der Waals surface area contributed by atoms with Gasteiger partial charge >= 0.3 is 0 Å². The van der Waals surface area contributed by atoms with Crippen molar-refractivity contribution in [1.82, 2.24) is 9.55 Å². The Morgan fingerprint density at radius 3 is 2.79 bits per heavy atom. The van der Waals surface area contributed by atoms with Crippen LogP contribution < -0.4 is 5.32 Å². The molecular formula is C14H15FN4. The maximum absolute atomic E-state index is 12.8. The van der Waals surface area contributed by atoms with Crippen LogP contribution in [0.2, 0.25) is 0 Å². The number of hydrogen-bond donors (Lipinski definition) is 1. The maximum Gasteiger partial charge on any atom is 0.156 e. The molecule has 1 unspecified atom stereocenters. The third kappa shape index (κ3) is 3.10. The summed E-state index contributed by atoms with van der Waals surface area (Å²) >= 11 is 0. The molecule has 5 heteroatoms. The van der Waals surface area contributed by atoms with E-state index in [0.29, 0.717) is 5.69 Å². The molecule has 19 heavy (non-hydrogen) atoms. The third-order valence-electron chi connectivity index (χ3n) is 2.79. The van der Waals surface area contributed by atoms with Gasteiger partial charge in [-0.05, 0) is 30.7 Å². The molecule has 0 fully saturated rings. The van der Waals surface area contributed by atoms with Gasteiger partial charge in [-0.1, -0.05) is 6.92 Å². The largest absolute Gasteiger partial charge is 0.365 e. The zero-order valence-corrected chi connectivity index (χ0v) is 10.7. The highest BCUT2D eigenvalue weighted by molar-refractivity contribution is 5.46. The van der Waals surface area contributed by atoms with E-state index in [2.05, 4.69) is 23.3 Å². The molecule has 2 rings (SSSR count). The summed E-state index contributed by atoms with van der Waals surface area (Å²) in [5.74, 6) is -0.296. The van der Waals surface area contributed by atoms with Gasteiger partial charge in [-0.25, -0.2) is 9.37 Å². The van der Waals surface area contributed by atoms with Crippen LogP contribution in [0.4, 0.5) is 10.1 Å². The molecule has 0 aliphatic heterocycles. The van der Waals surface area contributed by atoms with E-state index in [1.165, 1.54) is 12.1 Å². The van der Waals surface area contributed by atoms with Crippen molar-refractivity contribution in [3.8, 4) is 6.07 Å². The van der Waals surface area contributed by atoms with Crippen molar-refractivity contribution in [3.05, 3.63) is 48.3 Å². The second-order valence-electron chi connectivity index (χ2n) is 4.23. The van der Waals surface area contributed by atoms with Crippen molar-refractivity contribution >= 4 is 5.69 Å². The van der Waals surface area contributed by atoms with Crippen molar-refractivity contribution in [2.24, 2.45) is 0 Å². The van der Waals surface area contributed by atoms with E-state index < -0.39 is 6.04 Å². The number of anilines is 1. The molecule has 0 aliphatic rings. The topological polar surface area (TPSA) is 53.6 Å². The highest BCUT2D eigenvalue weighted by Gasteiger charge is 2.14. The van der Waals surface area contributed by atoms with Crippen molar-refractivity contribution < 1.29 is 4.39 Å². The number of aryl methyl sites for hydroxylation is 1. The summed E-state index contributed by atoms with van der Waals surface area (Å²) < 4.78 is 14.8. The van der Waals surface area contributed by atoms with Gasteiger partial charge in [0, 0.05) is 12.2 Å². The predicted molar refractivity (Wildman–Crippen MR) is 70.9 cm³/mol. The lowest BCUT2D eigenvalue weighted by atomic mass is 10.2. The first kappa shape index (κ1) is 13.1. The van der Waals surface area contributed by atoms with E-state index in [-0.39, 0.29) is 5.82 Å². The highest BCUT2D eigenvalue weighted by Crippen LogP contribution is 2.19. The number of nitrogens with zero attached hydrogens (tertiary/aromatic N) is 3. The van der Waals surface area contributed by atoms with E-state index in [1.54, 1.807) is 24.7 Å². The van der Waals surface area contributed by atoms with E-state index >= 15 is 0 Å². The minimum absolute atomic E-state index is 0.296. The summed E-state index contributed by atoms with van der Waals surface area (Å²) in [6, 6.07) is 7.65. The summed E-state index contributed by atoms with van der Waals surface area (Å²) in [4.78, 5) is 4.08. The summed E-state index contributed by atoms with van der Waals surface area (Å²) in [5.41, 5.74) is 1.52. The van der Waals surface area contributed by atoms with Gasteiger partial charge in [0.2, 0.25) is 0 Å². The first-order valence-corrected chi connectivity index (χ1v) is 6.16. The second kappa shape index (κ2) is 6.01. The van der Waals surface area contributed by atoms with Crippen LogP contribution in [0, 0.1) is 17.1 Å². The molecule has 98 valence electrons. The van der Waals surface area contributed by atoms with Crippen LogP contribution in [0.25, 0.3) is 0 Å². The van der Waals surface area contributed by atoms with E-state index in [1.807, 2.05) is 4.57 Å². The highest BCUT2D eigenvalue weighted by atomic mass is 19.1. The Balaban J connectivity index is 2.18. The molecule has 0 saturated heterocycles. The lowest BCUT2D eigenvalue weighted by Crippen LogP contribution is -2.13. The summed E-state index contributed by atoms with van der Waals surface area (Å²) in [5, 5.41) is 12.3. The summed E-state index contributed by atoms with van der Waals surface area (Å²) in [6.45, 7) is 2.89. The molecule has 0 saturated carbocycles. The first-order chi connectivity index (χ1) is 9.24. The molecule has 1 N–H and O–H groups in total. The fourth-order valence-electron chi connectivity index (χ4n) is 1.88. The van der Waals surface area contributed by atoms with Gasteiger partial charge in [-0.2, -0.15) is 5.26 Å². The van der Waals surface area contributed by atoms with Gasteiger partial charge in [0.05, 0.1) is 24.3 Å². The minimum Gasteiger partial charge on any atom is -0.365 e. The van der Waals surface area contributed by atoms with Gasteiger partial charge in [-0.3, -0.25) is 0 Å². The molecule has 0 bridgehead atoms. The lowest BCUT2D eigenvalue weighted by molar-refractivity contribution is 0.627. The normalized spacial score (nSPS) is 11.8. The Bertz CT molecular complexity index is 568. The van der Waals surface area contributed by atoms with Gasteiger partial charge < -0.3 is 9.88 Å². The molecular weight excluding hydrogens is 243 g/mol. The van der Waals surface area contributed by atoms with Gasteiger partial charge in [-0.15, -0.1) is 0 Å². The predicted octanol–water partition coefficient (Wildman–Crippen LogP) is 3.11. The van der Waals surface area contributed by atoms with Crippen LogP contribution in [-0.4, -0.2) is 9.55 Å². The van der Waals surface area contributed by atoms with Gasteiger partial charge in [0.1, 0.15) is 5.82 Å². The second-order valence-corrected chi connectivity index (χ2v) is 4.23. The molecule has 0 radical (unpaired) electrons. The van der Waals surface area contributed by atoms with Crippen LogP contribution in [0.3, 0.4) is 0 Å². The van der Waals surface area contributed by atoms with Crippen LogP contribution in [-0.2, 0) is 6.54 Å². The standard InChI is InChI=1S/C14H15FN4/c1-2-7-19-10-17-9-14(19)13(8-16)18-12-5-3-11(15)4-6-12/h3-6,9-10,13,18H,2,7H2,1H3. The van der Waals surface area contributed by atoms with E-state index in [9.17, 15) is 9.65 Å². The zero-order chi connectivity index (χ0) is 13.7. The molecule has 1 aromatic carbocycles. The summed E-state index contributed by atoms with van der Waals surface area (Å²) in [7, 11) is 0. The number of benzene rings is 1. The number of hydrogen-bond acceptors (Lipinski definition) is 3. The van der Waals surface area contributed by atoms with Crippen LogP contribution in [0.5, 0.6) is 0 Å². The first-order valence-electron chi connectivity index (χ1n) is 6.16. The Morgan fingerprint density at radius 2 is 2.16 bits per heavy atom. The van der Waals surface area contributed by atoms with Gasteiger partial charge in [0.15, 0.2) is 6.04 Å². The Hall–Kier alpha value is -2.35. The van der Waals surface area contributed by atoms with E-state index in [4.69, 9.17) is 0 Å². The SMILES string of the molecule is CCCn1cncc1C(C#N)Nc1ccc(F)cc1. The van der Waals surface area contributed by atoms with Crippen LogP contribution in [0.15, 0.2) is 36.8 Å². The molecule has 4 nitrogen and oxygen atoms in total. The molecule has 1 atom stereocenters. The molecule has 0 amide bonds. The number of aromatic nitrogens is 2. The van der Waals surface area contributed by atoms with Gasteiger partial charge in [0.25, 0.3) is 0 Å². The van der Waals surface area contributed by atoms with Crippen LogP contribution >= 0.6 is 0 Å². The number of halogens is 1. The van der Waals surface area contributed by atoms with E-state index in [0.717, 1.165) is 18.7 Å². The Kier molecular flexibility index (Phi) is 4.14. The smallest absolute Gasteiger partial charge is 0.156 e. The maximum atomic E-state index is 12.8. The summed E-state index contributed by atoms with van der Waals surface area (Å²) in [6.07, 6.45) is 4.37. The Morgan fingerprint density at radius 1 is 1.42 bits per heavy atom. The molecule has 1 aromatic heterocycles. The molecule has 0 aliphatic carbocycles. The number of imidazole rings is 1. The fraction of sp³-hybridized carbons (Fsp3) is 0.286. The zero-order valence-electron chi connectivity index (χ0n) is 10.7. The van der Waals surface area contributed by atoms with Crippen molar-refractivity contribution in [3.63, 3.8) is 0 Å². The quantitative estimate of drug-likeness (QED) is 0.896. The monoisotopic (exact) mass is 258 g/mol. The van der Waals surface area contributed by atoms with Crippen LogP contribution in [0.1, 0.15) is 25.1 Å². The van der Waals surface area contributed by atoms with Crippen molar-refractivity contribution in [2.75, 3.05) is 5.32 Å². The Labute approximate surface area is 111 Å². The number of rotatable bonds is 5. The van der Waals surface area contributed by atoms with Crippen molar-refractivity contribution in [1.29, 1.82) is 5.26 Å². The lowest BCUT2D eigenvalue weighted by Gasteiger charge is -2.15. The number of nitrogens with one attached hydrogen (secondary N) is 1. The molecule has 1 heterocycles. The minimum atomic E-state index is -0.500. The third-order valence-corrected chi connectivity index (χ3v) is 2.79. The average Bonchev–Trinajstić information content (AvgIpc) is 2.87. The average molecular weight is 258 g/mol.